The number of guanidine groups is 1. The van der Waals surface area contributed by atoms with E-state index in [0.29, 0.717) is 6.61 Å². The van der Waals surface area contributed by atoms with E-state index in [4.69, 9.17) is 4.74 Å². The maximum atomic E-state index is 5.47. The fraction of sp³-hybridized carbons (Fsp3) is 0.500. The lowest BCUT2D eigenvalue weighted by Crippen LogP contribution is -2.37. The summed E-state index contributed by atoms with van der Waals surface area (Å²) in [7, 11) is 1.78. The highest BCUT2D eigenvalue weighted by Gasteiger charge is 1.99. The molecule has 0 unspecified atom stereocenters. The van der Waals surface area contributed by atoms with E-state index in [1.165, 1.54) is 5.56 Å². The highest BCUT2D eigenvalue weighted by Crippen LogP contribution is 2.12. The molecule has 0 saturated heterocycles. The summed E-state index contributed by atoms with van der Waals surface area (Å²) >= 11 is 0. The molecule has 100 valence electrons. The average molecular weight is 249 g/mol. The van der Waals surface area contributed by atoms with E-state index in [9.17, 15) is 0 Å². The maximum absolute atomic E-state index is 5.47. The molecule has 0 aliphatic rings. The van der Waals surface area contributed by atoms with Gasteiger partial charge in [-0.05, 0) is 31.0 Å². The van der Waals surface area contributed by atoms with Crippen molar-refractivity contribution < 1.29 is 4.74 Å². The van der Waals surface area contributed by atoms with Gasteiger partial charge in [-0.1, -0.05) is 19.1 Å². The third-order valence-corrected chi connectivity index (χ3v) is 2.44. The van der Waals surface area contributed by atoms with Gasteiger partial charge in [0.25, 0.3) is 0 Å². The minimum absolute atomic E-state index is 0.691. The Morgan fingerprint density at radius 2 is 2.11 bits per heavy atom. The van der Waals surface area contributed by atoms with E-state index in [1.54, 1.807) is 7.05 Å². The molecule has 1 rings (SSSR count). The monoisotopic (exact) mass is 249 g/mol. The lowest BCUT2D eigenvalue weighted by molar-refractivity contribution is 0.340. The molecule has 0 fully saturated rings. The minimum Gasteiger partial charge on any atom is -0.494 e. The van der Waals surface area contributed by atoms with Crippen LogP contribution in [0.1, 0.15) is 25.8 Å². The molecule has 1 aromatic rings. The zero-order valence-electron chi connectivity index (χ0n) is 11.5. The molecule has 0 aromatic heterocycles. The van der Waals surface area contributed by atoms with Crippen LogP contribution in [0.3, 0.4) is 0 Å². The molecule has 0 aliphatic heterocycles. The van der Waals surface area contributed by atoms with Gasteiger partial charge < -0.3 is 15.4 Å². The summed E-state index contributed by atoms with van der Waals surface area (Å²) in [5.41, 5.74) is 1.18. The van der Waals surface area contributed by atoms with E-state index in [1.807, 2.05) is 25.1 Å². The Morgan fingerprint density at radius 1 is 1.28 bits per heavy atom. The smallest absolute Gasteiger partial charge is 0.191 e. The van der Waals surface area contributed by atoms with Crippen molar-refractivity contribution in [2.24, 2.45) is 4.99 Å². The van der Waals surface area contributed by atoms with Crippen LogP contribution in [0, 0.1) is 0 Å². The number of nitrogens with zero attached hydrogens (tertiary/aromatic N) is 1. The van der Waals surface area contributed by atoms with Gasteiger partial charge in [0.2, 0.25) is 0 Å². The Kier molecular flexibility index (Phi) is 6.69. The summed E-state index contributed by atoms with van der Waals surface area (Å²) in [6, 6.07) is 8.09. The normalized spacial score (nSPS) is 11.2. The molecule has 4 nitrogen and oxygen atoms in total. The Labute approximate surface area is 109 Å². The van der Waals surface area contributed by atoms with Gasteiger partial charge in [-0.3, -0.25) is 4.99 Å². The Balaban J connectivity index is 2.49. The van der Waals surface area contributed by atoms with Gasteiger partial charge in [0, 0.05) is 20.1 Å². The number of aliphatic imine (C=N–C) groups is 1. The van der Waals surface area contributed by atoms with E-state index in [2.05, 4.69) is 28.6 Å². The van der Waals surface area contributed by atoms with Crippen LogP contribution in [-0.4, -0.2) is 26.2 Å². The van der Waals surface area contributed by atoms with Gasteiger partial charge in [0.05, 0.1) is 6.61 Å². The van der Waals surface area contributed by atoms with Crippen molar-refractivity contribution >= 4 is 5.96 Å². The predicted molar refractivity (Wildman–Crippen MR) is 76.1 cm³/mol. The third-order valence-electron chi connectivity index (χ3n) is 2.44. The SMILES string of the molecule is CCCNC(=NC)NCc1cccc(OCC)c1. The molecule has 0 saturated carbocycles. The number of hydrogen-bond donors (Lipinski definition) is 2. The first-order valence-corrected chi connectivity index (χ1v) is 6.46. The van der Waals surface area contributed by atoms with Crippen LogP contribution in [-0.2, 0) is 6.54 Å². The van der Waals surface area contributed by atoms with Gasteiger partial charge in [-0.25, -0.2) is 0 Å². The van der Waals surface area contributed by atoms with E-state index < -0.39 is 0 Å². The number of benzene rings is 1. The largest absolute Gasteiger partial charge is 0.494 e. The molecule has 4 heteroatoms. The first-order valence-electron chi connectivity index (χ1n) is 6.46. The van der Waals surface area contributed by atoms with Crippen molar-refractivity contribution in [3.8, 4) is 5.75 Å². The zero-order chi connectivity index (χ0) is 13.2. The molecule has 1 aromatic carbocycles. The standard InChI is InChI=1S/C14H23N3O/c1-4-9-16-14(15-3)17-11-12-7-6-8-13(10-12)18-5-2/h6-8,10H,4-5,9,11H2,1-3H3,(H2,15,16,17). The van der Waals surface area contributed by atoms with Gasteiger partial charge >= 0.3 is 0 Å². The van der Waals surface area contributed by atoms with Gasteiger partial charge in [0.1, 0.15) is 5.75 Å². The number of nitrogens with one attached hydrogen (secondary N) is 2. The predicted octanol–water partition coefficient (Wildman–Crippen LogP) is 2.16. The highest BCUT2D eigenvalue weighted by atomic mass is 16.5. The van der Waals surface area contributed by atoms with Crippen LogP contribution < -0.4 is 15.4 Å². The molecule has 0 aliphatic carbocycles. The van der Waals surface area contributed by atoms with E-state index in [-0.39, 0.29) is 0 Å². The van der Waals surface area contributed by atoms with Crippen molar-refractivity contribution in [3.63, 3.8) is 0 Å². The molecule has 18 heavy (non-hydrogen) atoms. The summed E-state index contributed by atoms with van der Waals surface area (Å²) in [5, 5.41) is 6.51. The Morgan fingerprint density at radius 3 is 2.78 bits per heavy atom. The molecule has 0 atom stereocenters. The second-order valence-electron chi connectivity index (χ2n) is 3.93. The molecule has 0 bridgehead atoms. The first kappa shape index (κ1) is 14.4. The third kappa shape index (κ3) is 5.08. The summed E-state index contributed by atoms with van der Waals surface area (Å²) in [6.45, 7) is 6.48. The van der Waals surface area contributed by atoms with Crippen molar-refractivity contribution in [2.45, 2.75) is 26.8 Å². The molecule has 2 N–H and O–H groups in total. The zero-order valence-corrected chi connectivity index (χ0v) is 11.5. The lowest BCUT2D eigenvalue weighted by atomic mass is 10.2. The summed E-state index contributed by atoms with van der Waals surface area (Å²) in [4.78, 5) is 4.16. The lowest BCUT2D eigenvalue weighted by Gasteiger charge is -2.11. The fourth-order valence-corrected chi connectivity index (χ4v) is 1.56. The summed E-state index contributed by atoms with van der Waals surface area (Å²) in [6.07, 6.45) is 1.08. The quantitative estimate of drug-likeness (QED) is 0.600. The van der Waals surface area contributed by atoms with Crippen LogP contribution >= 0.6 is 0 Å². The van der Waals surface area contributed by atoms with Crippen LogP contribution in [0.4, 0.5) is 0 Å². The number of ether oxygens (including phenoxy) is 1. The van der Waals surface area contributed by atoms with E-state index >= 15 is 0 Å². The molecule has 0 radical (unpaired) electrons. The molecule has 0 heterocycles. The maximum Gasteiger partial charge on any atom is 0.191 e. The van der Waals surface area contributed by atoms with Crippen LogP contribution in [0.5, 0.6) is 5.75 Å². The highest BCUT2D eigenvalue weighted by molar-refractivity contribution is 5.79. The molecule has 0 spiro atoms. The summed E-state index contributed by atoms with van der Waals surface area (Å²) < 4.78 is 5.47. The Hall–Kier alpha value is -1.71. The molecular weight excluding hydrogens is 226 g/mol. The first-order chi connectivity index (χ1) is 8.80. The van der Waals surface area contributed by atoms with Crippen molar-refractivity contribution in [2.75, 3.05) is 20.2 Å². The van der Waals surface area contributed by atoms with Gasteiger partial charge in [-0.2, -0.15) is 0 Å². The van der Waals surface area contributed by atoms with Gasteiger partial charge in [-0.15, -0.1) is 0 Å². The van der Waals surface area contributed by atoms with Crippen molar-refractivity contribution in [1.82, 2.24) is 10.6 Å². The van der Waals surface area contributed by atoms with E-state index in [0.717, 1.165) is 31.2 Å². The second-order valence-corrected chi connectivity index (χ2v) is 3.93. The fourth-order valence-electron chi connectivity index (χ4n) is 1.56. The van der Waals surface area contributed by atoms with Gasteiger partial charge in [0.15, 0.2) is 5.96 Å². The van der Waals surface area contributed by atoms with Crippen LogP contribution in [0.2, 0.25) is 0 Å². The van der Waals surface area contributed by atoms with Crippen LogP contribution in [0.25, 0.3) is 0 Å². The second kappa shape index (κ2) is 8.39. The van der Waals surface area contributed by atoms with Crippen molar-refractivity contribution in [1.29, 1.82) is 0 Å². The number of rotatable bonds is 6. The van der Waals surface area contributed by atoms with Crippen molar-refractivity contribution in [3.05, 3.63) is 29.8 Å². The molecule has 0 amide bonds. The van der Waals surface area contributed by atoms with Crippen LogP contribution in [0.15, 0.2) is 29.3 Å². The molecular formula is C14H23N3O. The topological polar surface area (TPSA) is 45.7 Å². The summed E-state index contributed by atoms with van der Waals surface area (Å²) in [5.74, 6) is 1.74. The number of hydrogen-bond acceptors (Lipinski definition) is 2. The minimum atomic E-state index is 0.691. The Bertz CT molecular complexity index is 377. The average Bonchev–Trinajstić information content (AvgIpc) is 2.40.